The highest BCUT2D eigenvalue weighted by molar-refractivity contribution is 5.18. The van der Waals surface area contributed by atoms with Gasteiger partial charge in [-0.3, -0.25) is 0 Å². The lowest BCUT2D eigenvalue weighted by atomic mass is 9.97. The third kappa shape index (κ3) is 6.60. The number of aliphatic hydroxyl groups excluding tert-OH is 1. The van der Waals surface area contributed by atoms with Gasteiger partial charge in [0.1, 0.15) is 18.3 Å². The molecular formula is C28H30O5. The summed E-state index contributed by atoms with van der Waals surface area (Å²) < 4.78 is 24.3. The minimum absolute atomic E-state index is 0.254. The van der Waals surface area contributed by atoms with Crippen LogP contribution in [0, 0.1) is 0 Å². The van der Waals surface area contributed by atoms with Gasteiger partial charge in [-0.05, 0) is 16.7 Å². The first-order valence-electron chi connectivity index (χ1n) is 11.2. The standard InChI is InChI=1S/C28H30O5/c1-21-26(31-18-23-13-7-3-8-14-23)27(32-19-24-15-9-4-10-16-24)25(33-28(21)29)20-30-17-22-11-5-2-6-12-22/h2-16,25-29H,1,17-20H2/t25-,26-,27+,28?/m1/s1. The van der Waals surface area contributed by atoms with Gasteiger partial charge in [0, 0.05) is 5.57 Å². The van der Waals surface area contributed by atoms with Crippen LogP contribution >= 0.6 is 0 Å². The fourth-order valence-corrected chi connectivity index (χ4v) is 3.80. The SMILES string of the molecule is C=C1C(O)O[C@H](COCc2ccccc2)[C@H](OCc2ccccc2)[C@@H]1OCc1ccccc1. The topological polar surface area (TPSA) is 57.2 Å². The molecule has 1 saturated heterocycles. The first-order valence-corrected chi connectivity index (χ1v) is 11.2. The summed E-state index contributed by atoms with van der Waals surface area (Å²) in [6, 6.07) is 29.8. The van der Waals surface area contributed by atoms with Crippen LogP contribution in [0.25, 0.3) is 0 Å². The van der Waals surface area contributed by atoms with E-state index in [1.807, 2.05) is 91.0 Å². The number of hydrogen-bond donors (Lipinski definition) is 1. The Hall–Kier alpha value is -2.80. The number of hydrogen-bond acceptors (Lipinski definition) is 5. The molecule has 1 heterocycles. The quantitative estimate of drug-likeness (QED) is 0.460. The minimum Gasteiger partial charge on any atom is -0.374 e. The normalized spacial score (nSPS) is 22.9. The van der Waals surface area contributed by atoms with Gasteiger partial charge in [-0.1, -0.05) is 97.6 Å². The molecule has 0 radical (unpaired) electrons. The first-order chi connectivity index (χ1) is 16.2. The Kier molecular flexibility index (Phi) is 8.41. The van der Waals surface area contributed by atoms with Gasteiger partial charge in [0.05, 0.1) is 26.4 Å². The molecule has 0 aliphatic carbocycles. The molecule has 172 valence electrons. The molecule has 3 aromatic rings. The van der Waals surface area contributed by atoms with E-state index in [1.165, 1.54) is 0 Å². The Labute approximate surface area is 195 Å². The Morgan fingerprint density at radius 2 is 1.18 bits per heavy atom. The average molecular weight is 447 g/mol. The Morgan fingerprint density at radius 1 is 0.697 bits per heavy atom. The molecule has 5 nitrogen and oxygen atoms in total. The molecule has 1 N–H and O–H groups in total. The molecule has 0 bridgehead atoms. The van der Waals surface area contributed by atoms with E-state index in [4.69, 9.17) is 18.9 Å². The second kappa shape index (κ2) is 11.9. The molecule has 1 aliphatic rings. The summed E-state index contributed by atoms with van der Waals surface area (Å²) in [4.78, 5) is 0. The van der Waals surface area contributed by atoms with Crippen molar-refractivity contribution >= 4 is 0 Å². The van der Waals surface area contributed by atoms with E-state index in [1.54, 1.807) is 0 Å². The van der Waals surface area contributed by atoms with Crippen molar-refractivity contribution in [3.05, 3.63) is 120 Å². The molecule has 1 fully saturated rings. The van der Waals surface area contributed by atoms with Crippen LogP contribution < -0.4 is 0 Å². The largest absolute Gasteiger partial charge is 0.374 e. The van der Waals surface area contributed by atoms with Crippen molar-refractivity contribution in [2.24, 2.45) is 0 Å². The van der Waals surface area contributed by atoms with Gasteiger partial charge in [-0.2, -0.15) is 0 Å². The van der Waals surface area contributed by atoms with Crippen molar-refractivity contribution in [2.45, 2.75) is 44.4 Å². The molecule has 5 heteroatoms. The summed E-state index contributed by atoms with van der Waals surface area (Å²) in [5.74, 6) is 0. The third-order valence-electron chi connectivity index (χ3n) is 5.60. The van der Waals surface area contributed by atoms with E-state index in [0.717, 1.165) is 16.7 Å². The third-order valence-corrected chi connectivity index (χ3v) is 5.60. The first kappa shape index (κ1) is 23.4. The fourth-order valence-electron chi connectivity index (χ4n) is 3.80. The molecule has 4 rings (SSSR count). The molecule has 0 amide bonds. The predicted octanol–water partition coefficient (Wildman–Crippen LogP) is 4.65. The van der Waals surface area contributed by atoms with Gasteiger partial charge in [0.2, 0.25) is 0 Å². The molecule has 1 unspecified atom stereocenters. The van der Waals surface area contributed by atoms with E-state index < -0.39 is 24.6 Å². The summed E-state index contributed by atoms with van der Waals surface area (Å²) in [7, 11) is 0. The molecule has 3 aromatic carbocycles. The second-order valence-corrected chi connectivity index (χ2v) is 8.08. The van der Waals surface area contributed by atoms with Gasteiger partial charge in [0.25, 0.3) is 0 Å². The van der Waals surface area contributed by atoms with Crippen molar-refractivity contribution in [1.82, 2.24) is 0 Å². The van der Waals surface area contributed by atoms with Crippen molar-refractivity contribution in [1.29, 1.82) is 0 Å². The van der Waals surface area contributed by atoms with Gasteiger partial charge >= 0.3 is 0 Å². The molecule has 4 atom stereocenters. The molecule has 0 saturated carbocycles. The smallest absolute Gasteiger partial charge is 0.180 e. The van der Waals surface area contributed by atoms with Crippen LogP contribution in [0.2, 0.25) is 0 Å². The maximum Gasteiger partial charge on any atom is 0.180 e. The summed E-state index contributed by atoms with van der Waals surface area (Å²) in [6.45, 7) is 5.50. The summed E-state index contributed by atoms with van der Waals surface area (Å²) in [6.07, 6.45) is -2.69. The van der Waals surface area contributed by atoms with Crippen LogP contribution in [0.5, 0.6) is 0 Å². The van der Waals surface area contributed by atoms with Gasteiger partial charge in [0.15, 0.2) is 6.29 Å². The Morgan fingerprint density at radius 3 is 1.73 bits per heavy atom. The van der Waals surface area contributed by atoms with Crippen LogP contribution in [-0.2, 0) is 38.8 Å². The summed E-state index contributed by atoms with van der Waals surface area (Å²) in [5, 5.41) is 10.5. The highest BCUT2D eigenvalue weighted by Gasteiger charge is 2.42. The Bertz CT molecular complexity index is 977. The molecule has 0 aromatic heterocycles. The van der Waals surface area contributed by atoms with E-state index >= 15 is 0 Å². The van der Waals surface area contributed by atoms with Crippen molar-refractivity contribution < 1.29 is 24.1 Å². The van der Waals surface area contributed by atoms with E-state index in [9.17, 15) is 5.11 Å². The highest BCUT2D eigenvalue weighted by atomic mass is 16.6. The lowest BCUT2D eigenvalue weighted by molar-refractivity contribution is -0.235. The zero-order chi connectivity index (χ0) is 22.9. The highest BCUT2D eigenvalue weighted by Crippen LogP contribution is 2.30. The van der Waals surface area contributed by atoms with Gasteiger partial charge in [-0.15, -0.1) is 0 Å². The van der Waals surface area contributed by atoms with Crippen LogP contribution in [0.3, 0.4) is 0 Å². The molecule has 1 aliphatic heterocycles. The lowest BCUT2D eigenvalue weighted by Gasteiger charge is -2.41. The lowest BCUT2D eigenvalue weighted by Crippen LogP contribution is -2.53. The minimum atomic E-state index is -1.15. The van der Waals surface area contributed by atoms with E-state index in [2.05, 4.69) is 6.58 Å². The van der Waals surface area contributed by atoms with Gasteiger partial charge < -0.3 is 24.1 Å². The fraction of sp³-hybridized carbons (Fsp3) is 0.286. The Balaban J connectivity index is 1.46. The number of benzene rings is 3. The van der Waals surface area contributed by atoms with Crippen LogP contribution in [-0.4, -0.2) is 36.3 Å². The van der Waals surface area contributed by atoms with Crippen LogP contribution in [0.1, 0.15) is 16.7 Å². The number of ether oxygens (including phenoxy) is 4. The number of aliphatic hydroxyl groups is 1. The monoisotopic (exact) mass is 446 g/mol. The van der Waals surface area contributed by atoms with Gasteiger partial charge in [-0.25, -0.2) is 0 Å². The molecule has 0 spiro atoms. The maximum atomic E-state index is 10.5. The second-order valence-electron chi connectivity index (χ2n) is 8.08. The summed E-state index contributed by atoms with van der Waals surface area (Å²) >= 11 is 0. The average Bonchev–Trinajstić information content (AvgIpc) is 2.86. The maximum absolute atomic E-state index is 10.5. The number of rotatable bonds is 10. The molecule has 33 heavy (non-hydrogen) atoms. The van der Waals surface area contributed by atoms with Crippen LogP contribution in [0.4, 0.5) is 0 Å². The zero-order valence-electron chi connectivity index (χ0n) is 18.6. The van der Waals surface area contributed by atoms with Crippen molar-refractivity contribution in [3.63, 3.8) is 0 Å². The van der Waals surface area contributed by atoms with E-state index in [-0.39, 0.29) is 6.61 Å². The summed E-state index contributed by atoms with van der Waals surface area (Å²) in [5.41, 5.74) is 3.59. The van der Waals surface area contributed by atoms with E-state index in [0.29, 0.717) is 25.4 Å². The van der Waals surface area contributed by atoms with Crippen molar-refractivity contribution in [2.75, 3.05) is 6.61 Å². The van der Waals surface area contributed by atoms with Crippen molar-refractivity contribution in [3.8, 4) is 0 Å². The predicted molar refractivity (Wildman–Crippen MR) is 126 cm³/mol. The molecular weight excluding hydrogens is 416 g/mol. The zero-order valence-corrected chi connectivity index (χ0v) is 18.6. The van der Waals surface area contributed by atoms with Crippen LogP contribution in [0.15, 0.2) is 103 Å².